The molecular weight excluding hydrogens is 338 g/mol. The minimum Gasteiger partial charge on any atom is -0.478 e. The summed E-state index contributed by atoms with van der Waals surface area (Å²) in [5, 5.41) is 8.88. The second kappa shape index (κ2) is 7.61. The molecule has 130 valence electrons. The van der Waals surface area contributed by atoms with Gasteiger partial charge in [0.2, 0.25) is 5.91 Å². The molecule has 6 heteroatoms. The molecule has 0 saturated carbocycles. The van der Waals surface area contributed by atoms with E-state index in [9.17, 15) is 13.8 Å². The van der Waals surface area contributed by atoms with E-state index < -0.39 is 16.8 Å². The third kappa shape index (κ3) is 4.33. The maximum absolute atomic E-state index is 12.4. The molecule has 0 radical (unpaired) electrons. The van der Waals surface area contributed by atoms with Crippen LogP contribution in [0.2, 0.25) is 0 Å². The molecule has 3 rings (SSSR count). The van der Waals surface area contributed by atoms with Crippen LogP contribution in [0.1, 0.15) is 27.0 Å². The van der Waals surface area contributed by atoms with Crippen molar-refractivity contribution in [2.75, 3.05) is 12.3 Å². The standard InChI is InChI=1S/C19H19NO4S/c21-18(20-10-9-15-3-1-2-4-17(15)11-20)13-25(24)12-14-5-7-16(8-6-14)19(22)23/h1-8H,9-13H2,(H,22,23). The van der Waals surface area contributed by atoms with Crippen LogP contribution < -0.4 is 0 Å². The SMILES string of the molecule is O=C(O)c1ccc(CS(=O)CC(=O)N2CCc3ccccc3C2)cc1. The highest BCUT2D eigenvalue weighted by molar-refractivity contribution is 7.84. The molecule has 0 spiro atoms. The van der Waals surface area contributed by atoms with Crippen molar-refractivity contribution in [1.82, 2.24) is 4.90 Å². The first-order valence-electron chi connectivity index (χ1n) is 8.04. The van der Waals surface area contributed by atoms with E-state index in [4.69, 9.17) is 5.11 Å². The first-order chi connectivity index (χ1) is 12.0. The first-order valence-corrected chi connectivity index (χ1v) is 9.53. The number of carboxylic acid groups (broad SMARTS) is 1. The van der Waals surface area contributed by atoms with Crippen LogP contribution in [0, 0.1) is 0 Å². The fraction of sp³-hybridized carbons (Fsp3) is 0.263. The van der Waals surface area contributed by atoms with Crippen molar-refractivity contribution >= 4 is 22.7 Å². The number of carbonyl (C=O) groups excluding carboxylic acids is 1. The van der Waals surface area contributed by atoms with Gasteiger partial charge in [0.1, 0.15) is 5.75 Å². The fourth-order valence-corrected chi connectivity index (χ4v) is 4.04. The normalized spacial score (nSPS) is 14.6. The molecular formula is C19H19NO4S. The van der Waals surface area contributed by atoms with Crippen molar-refractivity contribution in [3.8, 4) is 0 Å². The smallest absolute Gasteiger partial charge is 0.335 e. The molecule has 0 fully saturated rings. The Morgan fingerprint density at radius 2 is 1.72 bits per heavy atom. The summed E-state index contributed by atoms with van der Waals surface area (Å²) in [6, 6.07) is 14.3. The number of hydrogen-bond donors (Lipinski definition) is 1. The summed E-state index contributed by atoms with van der Waals surface area (Å²) in [5.74, 6) is -0.859. The Morgan fingerprint density at radius 1 is 1.04 bits per heavy atom. The van der Waals surface area contributed by atoms with Gasteiger partial charge < -0.3 is 10.0 Å². The number of carboxylic acids is 1. The third-order valence-electron chi connectivity index (χ3n) is 4.30. The Bertz CT molecular complexity index is 816. The van der Waals surface area contributed by atoms with Crippen LogP contribution in [0.15, 0.2) is 48.5 Å². The van der Waals surface area contributed by atoms with E-state index in [1.54, 1.807) is 17.0 Å². The van der Waals surface area contributed by atoms with E-state index in [-0.39, 0.29) is 23.0 Å². The number of amides is 1. The van der Waals surface area contributed by atoms with Crippen LogP contribution in [0.5, 0.6) is 0 Å². The molecule has 1 heterocycles. The largest absolute Gasteiger partial charge is 0.478 e. The summed E-state index contributed by atoms with van der Waals surface area (Å²) in [7, 11) is -1.32. The van der Waals surface area contributed by atoms with Gasteiger partial charge in [-0.3, -0.25) is 9.00 Å². The predicted molar refractivity (Wildman–Crippen MR) is 95.7 cm³/mol. The lowest BCUT2D eigenvalue weighted by Crippen LogP contribution is -2.38. The zero-order chi connectivity index (χ0) is 17.8. The van der Waals surface area contributed by atoms with Gasteiger partial charge in [-0.15, -0.1) is 0 Å². The van der Waals surface area contributed by atoms with Crippen LogP contribution in [0.4, 0.5) is 0 Å². The van der Waals surface area contributed by atoms with Gasteiger partial charge in [0.25, 0.3) is 0 Å². The van der Waals surface area contributed by atoms with E-state index in [1.807, 2.05) is 18.2 Å². The maximum atomic E-state index is 12.4. The number of aromatic carboxylic acids is 1. The van der Waals surface area contributed by atoms with Crippen LogP contribution in [-0.2, 0) is 34.3 Å². The quantitative estimate of drug-likeness (QED) is 0.890. The Kier molecular flexibility index (Phi) is 5.28. The molecule has 0 bridgehead atoms. The summed E-state index contributed by atoms with van der Waals surface area (Å²) in [5.41, 5.74) is 3.38. The lowest BCUT2D eigenvalue weighted by atomic mass is 10.00. The fourth-order valence-electron chi connectivity index (χ4n) is 2.92. The zero-order valence-electron chi connectivity index (χ0n) is 13.7. The zero-order valence-corrected chi connectivity index (χ0v) is 14.5. The van der Waals surface area contributed by atoms with Gasteiger partial charge in [-0.25, -0.2) is 4.79 Å². The molecule has 2 aromatic rings. The van der Waals surface area contributed by atoms with Gasteiger partial charge in [0, 0.05) is 29.6 Å². The Morgan fingerprint density at radius 3 is 2.40 bits per heavy atom. The number of rotatable bonds is 5. The summed E-state index contributed by atoms with van der Waals surface area (Å²) >= 11 is 0. The van der Waals surface area contributed by atoms with Gasteiger partial charge in [0.05, 0.1) is 5.56 Å². The maximum Gasteiger partial charge on any atom is 0.335 e. The van der Waals surface area contributed by atoms with Gasteiger partial charge in [-0.1, -0.05) is 36.4 Å². The summed E-state index contributed by atoms with van der Waals surface area (Å²) < 4.78 is 12.3. The van der Waals surface area contributed by atoms with Crippen molar-refractivity contribution < 1.29 is 18.9 Å². The highest BCUT2D eigenvalue weighted by Gasteiger charge is 2.21. The molecule has 1 atom stereocenters. The number of carbonyl (C=O) groups is 2. The monoisotopic (exact) mass is 357 g/mol. The van der Waals surface area contributed by atoms with Crippen molar-refractivity contribution in [3.05, 3.63) is 70.8 Å². The number of benzene rings is 2. The minimum atomic E-state index is -1.32. The van der Waals surface area contributed by atoms with Gasteiger partial charge >= 0.3 is 5.97 Å². The molecule has 1 N–H and O–H groups in total. The van der Waals surface area contributed by atoms with E-state index >= 15 is 0 Å². The van der Waals surface area contributed by atoms with Crippen molar-refractivity contribution in [2.45, 2.75) is 18.7 Å². The second-order valence-corrected chi connectivity index (χ2v) is 7.52. The number of hydrogen-bond acceptors (Lipinski definition) is 3. The molecule has 0 aromatic heterocycles. The third-order valence-corrected chi connectivity index (χ3v) is 5.52. The Labute approximate surface area is 148 Å². The van der Waals surface area contributed by atoms with Crippen molar-refractivity contribution in [1.29, 1.82) is 0 Å². The Hall–Kier alpha value is -2.47. The average molecular weight is 357 g/mol. The Balaban J connectivity index is 1.56. The molecule has 2 aromatic carbocycles. The average Bonchev–Trinajstić information content (AvgIpc) is 2.61. The molecule has 1 aliphatic heterocycles. The topological polar surface area (TPSA) is 74.7 Å². The molecule has 5 nitrogen and oxygen atoms in total. The van der Waals surface area contributed by atoms with Crippen molar-refractivity contribution in [3.63, 3.8) is 0 Å². The predicted octanol–water partition coefficient (Wildman–Crippen LogP) is 2.22. The minimum absolute atomic E-state index is 0.0111. The second-order valence-electron chi connectivity index (χ2n) is 6.06. The molecule has 1 amide bonds. The summed E-state index contributed by atoms with van der Waals surface area (Å²) in [6.45, 7) is 1.22. The first kappa shape index (κ1) is 17.4. The van der Waals surface area contributed by atoms with E-state index in [2.05, 4.69) is 6.07 Å². The summed E-state index contributed by atoms with van der Waals surface area (Å²) in [6.07, 6.45) is 0.825. The van der Waals surface area contributed by atoms with Gasteiger partial charge in [0.15, 0.2) is 0 Å². The lowest BCUT2D eigenvalue weighted by molar-refractivity contribution is -0.129. The van der Waals surface area contributed by atoms with Crippen molar-refractivity contribution in [2.24, 2.45) is 0 Å². The van der Waals surface area contributed by atoms with E-state index in [0.29, 0.717) is 13.1 Å². The van der Waals surface area contributed by atoms with Crippen LogP contribution in [-0.4, -0.2) is 38.4 Å². The van der Waals surface area contributed by atoms with Crippen LogP contribution in [0.3, 0.4) is 0 Å². The van der Waals surface area contributed by atoms with Crippen LogP contribution >= 0.6 is 0 Å². The number of nitrogens with zero attached hydrogens (tertiary/aromatic N) is 1. The lowest BCUT2D eigenvalue weighted by Gasteiger charge is -2.28. The highest BCUT2D eigenvalue weighted by Crippen LogP contribution is 2.18. The summed E-state index contributed by atoms with van der Waals surface area (Å²) in [4.78, 5) is 25.0. The molecule has 1 unspecified atom stereocenters. The molecule has 0 saturated heterocycles. The molecule has 0 aliphatic carbocycles. The van der Waals surface area contributed by atoms with Crippen LogP contribution in [0.25, 0.3) is 0 Å². The molecule has 1 aliphatic rings. The molecule has 25 heavy (non-hydrogen) atoms. The van der Waals surface area contributed by atoms with Gasteiger partial charge in [-0.05, 0) is 35.2 Å². The van der Waals surface area contributed by atoms with Gasteiger partial charge in [-0.2, -0.15) is 0 Å². The highest BCUT2D eigenvalue weighted by atomic mass is 32.2. The number of fused-ring (bicyclic) bond motifs is 1. The van der Waals surface area contributed by atoms with E-state index in [0.717, 1.165) is 17.5 Å². The van der Waals surface area contributed by atoms with E-state index in [1.165, 1.54) is 17.7 Å².